The first-order valence-corrected chi connectivity index (χ1v) is 7.13. The summed E-state index contributed by atoms with van der Waals surface area (Å²) in [5.74, 6) is 0.816. The van der Waals surface area contributed by atoms with Crippen LogP contribution in [0.1, 0.15) is 48.5 Å². The van der Waals surface area contributed by atoms with Gasteiger partial charge in [-0.2, -0.15) is 0 Å². The highest BCUT2D eigenvalue weighted by Gasteiger charge is 2.28. The molecule has 1 saturated heterocycles. The monoisotopic (exact) mass is 221 g/mol. The summed E-state index contributed by atoms with van der Waals surface area (Å²) in [6.07, 6.45) is 8.32. The molecule has 15 heavy (non-hydrogen) atoms. The van der Waals surface area contributed by atoms with Crippen LogP contribution in [0.2, 0.25) is 0 Å². The van der Waals surface area contributed by atoms with Crippen LogP contribution in [-0.2, 0) is 6.42 Å². The van der Waals surface area contributed by atoms with Crippen molar-refractivity contribution in [2.75, 3.05) is 6.54 Å². The molecule has 2 heterocycles. The van der Waals surface area contributed by atoms with Crippen molar-refractivity contribution in [3.8, 4) is 0 Å². The maximum atomic E-state index is 3.69. The van der Waals surface area contributed by atoms with Gasteiger partial charge in [0, 0.05) is 16.8 Å². The van der Waals surface area contributed by atoms with Gasteiger partial charge in [-0.05, 0) is 55.7 Å². The zero-order chi connectivity index (χ0) is 10.1. The van der Waals surface area contributed by atoms with Gasteiger partial charge in [-0.25, -0.2) is 0 Å². The third kappa shape index (κ3) is 1.85. The fourth-order valence-corrected chi connectivity index (χ4v) is 4.16. The van der Waals surface area contributed by atoms with Crippen LogP contribution in [0.25, 0.3) is 0 Å². The highest BCUT2D eigenvalue weighted by atomic mass is 32.1. The van der Waals surface area contributed by atoms with Crippen molar-refractivity contribution in [3.05, 3.63) is 21.9 Å². The smallest absolute Gasteiger partial charge is 0.0137 e. The summed E-state index contributed by atoms with van der Waals surface area (Å²) in [6.45, 7) is 1.24. The van der Waals surface area contributed by atoms with E-state index in [0.717, 1.165) is 12.0 Å². The van der Waals surface area contributed by atoms with Crippen LogP contribution in [0.3, 0.4) is 0 Å². The molecular weight excluding hydrogens is 202 g/mol. The first-order valence-electron chi connectivity index (χ1n) is 6.25. The molecule has 1 aliphatic carbocycles. The largest absolute Gasteiger partial charge is 0.313 e. The van der Waals surface area contributed by atoms with E-state index in [4.69, 9.17) is 0 Å². The predicted molar refractivity (Wildman–Crippen MR) is 65.6 cm³/mol. The Balaban J connectivity index is 1.88. The van der Waals surface area contributed by atoms with Crippen molar-refractivity contribution in [3.63, 3.8) is 0 Å². The number of aryl methyl sites for hydroxylation is 1. The normalized spacial score (nSPS) is 31.2. The van der Waals surface area contributed by atoms with Crippen molar-refractivity contribution >= 4 is 11.3 Å². The van der Waals surface area contributed by atoms with E-state index in [0.29, 0.717) is 0 Å². The number of nitrogens with one attached hydrogen (secondary N) is 1. The minimum absolute atomic E-state index is 0.774. The number of hydrogen-bond donors (Lipinski definition) is 1. The minimum Gasteiger partial charge on any atom is -0.313 e. The van der Waals surface area contributed by atoms with Gasteiger partial charge in [-0.15, -0.1) is 11.3 Å². The number of hydrogen-bond acceptors (Lipinski definition) is 2. The van der Waals surface area contributed by atoms with Crippen LogP contribution in [0.5, 0.6) is 0 Å². The van der Waals surface area contributed by atoms with E-state index >= 15 is 0 Å². The number of rotatable bonds is 1. The molecule has 0 unspecified atom stereocenters. The summed E-state index contributed by atoms with van der Waals surface area (Å²) < 4.78 is 0. The quantitative estimate of drug-likeness (QED) is 0.717. The third-order valence-electron chi connectivity index (χ3n) is 3.93. The SMILES string of the molecule is c1cc2c(s1)CCCC[C@H]2[C@@H]1CCCN1. The van der Waals surface area contributed by atoms with Gasteiger partial charge in [0.25, 0.3) is 0 Å². The second-order valence-corrected chi connectivity index (χ2v) is 5.85. The first-order chi connectivity index (χ1) is 7.45. The molecule has 1 aromatic heterocycles. The zero-order valence-corrected chi connectivity index (χ0v) is 9.98. The summed E-state index contributed by atoms with van der Waals surface area (Å²) in [5, 5.41) is 5.98. The van der Waals surface area contributed by atoms with Crippen LogP contribution >= 0.6 is 11.3 Å². The summed E-state index contributed by atoms with van der Waals surface area (Å²) in [5.41, 5.74) is 1.68. The molecule has 0 radical (unpaired) electrons. The number of thiophene rings is 1. The van der Waals surface area contributed by atoms with E-state index in [1.807, 2.05) is 11.3 Å². The van der Waals surface area contributed by atoms with Gasteiger partial charge in [0.2, 0.25) is 0 Å². The lowest BCUT2D eigenvalue weighted by molar-refractivity contribution is 0.456. The summed E-state index contributed by atoms with van der Waals surface area (Å²) in [6, 6.07) is 3.16. The van der Waals surface area contributed by atoms with E-state index in [-0.39, 0.29) is 0 Å². The lowest BCUT2D eigenvalue weighted by atomic mass is 9.88. The Labute approximate surface area is 95.9 Å². The van der Waals surface area contributed by atoms with Gasteiger partial charge in [0.15, 0.2) is 0 Å². The molecule has 1 nitrogen and oxygen atoms in total. The Kier molecular flexibility index (Phi) is 2.80. The third-order valence-corrected chi connectivity index (χ3v) is 4.93. The van der Waals surface area contributed by atoms with Gasteiger partial charge in [0.1, 0.15) is 0 Å². The van der Waals surface area contributed by atoms with Crippen molar-refractivity contribution < 1.29 is 0 Å². The lowest BCUT2D eigenvalue weighted by Crippen LogP contribution is -2.28. The fourth-order valence-electron chi connectivity index (χ4n) is 3.16. The Hall–Kier alpha value is -0.340. The van der Waals surface area contributed by atoms with Crippen molar-refractivity contribution in [1.29, 1.82) is 0 Å². The molecule has 0 bridgehead atoms. The molecular formula is C13H19NS. The molecule has 1 aromatic rings. The Morgan fingerprint density at radius 1 is 1.20 bits per heavy atom. The van der Waals surface area contributed by atoms with Gasteiger partial charge in [-0.3, -0.25) is 0 Å². The maximum absolute atomic E-state index is 3.69. The first kappa shape index (κ1) is 9.86. The summed E-state index contributed by atoms with van der Waals surface area (Å²) >= 11 is 1.97. The van der Waals surface area contributed by atoms with E-state index in [9.17, 15) is 0 Å². The Morgan fingerprint density at radius 3 is 3.07 bits per heavy atom. The van der Waals surface area contributed by atoms with Crippen LogP contribution in [0.15, 0.2) is 11.4 Å². The molecule has 0 amide bonds. The van der Waals surface area contributed by atoms with Crippen LogP contribution in [-0.4, -0.2) is 12.6 Å². The van der Waals surface area contributed by atoms with E-state index < -0.39 is 0 Å². The Bertz CT molecular complexity index is 325. The van der Waals surface area contributed by atoms with Crippen molar-refractivity contribution in [2.24, 2.45) is 0 Å². The minimum atomic E-state index is 0.774. The van der Waals surface area contributed by atoms with Crippen LogP contribution < -0.4 is 5.32 Å². The van der Waals surface area contributed by atoms with Crippen LogP contribution in [0, 0.1) is 0 Å². The molecule has 2 aliphatic rings. The topological polar surface area (TPSA) is 12.0 Å². The average Bonchev–Trinajstić information content (AvgIpc) is 2.88. The van der Waals surface area contributed by atoms with Gasteiger partial charge in [0.05, 0.1) is 0 Å². The molecule has 82 valence electrons. The molecule has 1 fully saturated rings. The predicted octanol–water partition coefficient (Wildman–Crippen LogP) is 3.31. The van der Waals surface area contributed by atoms with E-state index in [1.54, 1.807) is 10.4 Å². The Morgan fingerprint density at radius 2 is 2.20 bits per heavy atom. The zero-order valence-electron chi connectivity index (χ0n) is 9.17. The molecule has 0 saturated carbocycles. The molecule has 1 N–H and O–H groups in total. The number of fused-ring (bicyclic) bond motifs is 1. The average molecular weight is 221 g/mol. The van der Waals surface area contributed by atoms with E-state index in [2.05, 4.69) is 16.8 Å². The molecule has 3 rings (SSSR count). The standard InChI is InChI=1S/C13H19NS/c1-2-6-13-11(7-9-15-13)10(4-1)12-5-3-8-14-12/h7,9-10,12,14H,1-6,8H2/t10-,12+/m1/s1. The fraction of sp³-hybridized carbons (Fsp3) is 0.692. The van der Waals surface area contributed by atoms with Gasteiger partial charge < -0.3 is 5.32 Å². The van der Waals surface area contributed by atoms with Gasteiger partial charge >= 0.3 is 0 Å². The van der Waals surface area contributed by atoms with Gasteiger partial charge in [-0.1, -0.05) is 6.42 Å². The van der Waals surface area contributed by atoms with Crippen molar-refractivity contribution in [1.82, 2.24) is 5.32 Å². The van der Waals surface area contributed by atoms with Crippen LogP contribution in [0.4, 0.5) is 0 Å². The second kappa shape index (κ2) is 4.26. The molecule has 1 aliphatic heterocycles. The molecule has 0 aromatic carbocycles. The summed E-state index contributed by atoms with van der Waals surface area (Å²) in [4.78, 5) is 1.67. The molecule has 2 heteroatoms. The second-order valence-electron chi connectivity index (χ2n) is 4.85. The lowest BCUT2D eigenvalue weighted by Gasteiger charge is -2.22. The highest BCUT2D eigenvalue weighted by molar-refractivity contribution is 7.10. The molecule has 0 spiro atoms. The summed E-state index contributed by atoms with van der Waals surface area (Å²) in [7, 11) is 0. The molecule has 2 atom stereocenters. The van der Waals surface area contributed by atoms with Crippen molar-refractivity contribution in [2.45, 2.75) is 50.5 Å². The maximum Gasteiger partial charge on any atom is 0.0137 e. The van der Waals surface area contributed by atoms with E-state index in [1.165, 1.54) is 45.1 Å². The highest BCUT2D eigenvalue weighted by Crippen LogP contribution is 2.37.